The molecule has 1 aliphatic heterocycles. The fourth-order valence-electron chi connectivity index (χ4n) is 3.51. The van der Waals surface area contributed by atoms with Crippen molar-refractivity contribution in [3.63, 3.8) is 0 Å². The van der Waals surface area contributed by atoms with Crippen molar-refractivity contribution in [2.75, 3.05) is 54.5 Å². The number of benzene rings is 1. The third-order valence-electron chi connectivity index (χ3n) is 4.93. The van der Waals surface area contributed by atoms with Crippen LogP contribution in [0.15, 0.2) is 23.2 Å². The maximum absolute atomic E-state index is 5.50. The molecule has 26 heavy (non-hydrogen) atoms. The molecule has 0 aromatic heterocycles. The molecule has 1 aromatic carbocycles. The molecule has 1 aromatic rings. The molecular weight excluding hydrogens is 328 g/mol. The maximum atomic E-state index is 5.50. The molecule has 1 aliphatic rings. The molecule has 1 unspecified atom stereocenters. The first-order chi connectivity index (χ1) is 12.6. The molecule has 1 heterocycles. The summed E-state index contributed by atoms with van der Waals surface area (Å²) in [5, 5.41) is 3.48. The standard InChI is InChI=1S/C20H34N4O2/c1-16-7-6-11-24(14-16)12-10-22-20(21-2)23(3)15-17-8-9-18(25-4)13-19(17)26-5/h8-9,13,16H,6-7,10-12,14-15H2,1-5H3,(H,21,22). The number of rotatable bonds is 7. The molecule has 1 saturated heterocycles. The van der Waals surface area contributed by atoms with Gasteiger partial charge in [-0.15, -0.1) is 0 Å². The first kappa shape index (κ1) is 20.4. The molecule has 146 valence electrons. The zero-order valence-electron chi connectivity index (χ0n) is 16.9. The molecule has 6 heteroatoms. The zero-order valence-corrected chi connectivity index (χ0v) is 16.9. The van der Waals surface area contributed by atoms with Crippen LogP contribution in [-0.2, 0) is 6.54 Å². The fraction of sp³-hybridized carbons (Fsp3) is 0.650. The number of ether oxygens (including phenoxy) is 2. The van der Waals surface area contributed by atoms with Crippen molar-refractivity contribution in [1.82, 2.24) is 15.1 Å². The van der Waals surface area contributed by atoms with Gasteiger partial charge in [-0.05, 0) is 37.4 Å². The van der Waals surface area contributed by atoms with Crippen molar-refractivity contribution in [1.29, 1.82) is 0 Å². The molecule has 0 aliphatic carbocycles. The summed E-state index contributed by atoms with van der Waals surface area (Å²) in [5.74, 6) is 3.33. The lowest BCUT2D eigenvalue weighted by atomic mass is 10.0. The van der Waals surface area contributed by atoms with Gasteiger partial charge in [0.05, 0.1) is 14.2 Å². The third kappa shape index (κ3) is 5.80. The molecule has 1 N–H and O–H groups in total. The van der Waals surface area contributed by atoms with Gasteiger partial charge in [0.2, 0.25) is 0 Å². The summed E-state index contributed by atoms with van der Waals surface area (Å²) in [6.45, 7) is 7.44. The quantitative estimate of drug-likeness (QED) is 0.596. The van der Waals surface area contributed by atoms with Gasteiger partial charge < -0.3 is 24.6 Å². The van der Waals surface area contributed by atoms with E-state index >= 15 is 0 Å². The topological polar surface area (TPSA) is 49.3 Å². The monoisotopic (exact) mass is 362 g/mol. The number of guanidine groups is 1. The van der Waals surface area contributed by atoms with Crippen molar-refractivity contribution >= 4 is 5.96 Å². The third-order valence-corrected chi connectivity index (χ3v) is 4.93. The molecule has 1 atom stereocenters. The van der Waals surface area contributed by atoms with E-state index in [2.05, 4.69) is 27.0 Å². The smallest absolute Gasteiger partial charge is 0.193 e. The second-order valence-electron chi connectivity index (χ2n) is 7.06. The lowest BCUT2D eigenvalue weighted by molar-refractivity contribution is 0.186. The van der Waals surface area contributed by atoms with Crippen molar-refractivity contribution in [2.24, 2.45) is 10.9 Å². The van der Waals surface area contributed by atoms with Crippen LogP contribution in [0.1, 0.15) is 25.3 Å². The van der Waals surface area contributed by atoms with Gasteiger partial charge in [0.1, 0.15) is 11.5 Å². The van der Waals surface area contributed by atoms with Crippen molar-refractivity contribution in [2.45, 2.75) is 26.3 Å². The van der Waals surface area contributed by atoms with E-state index in [-0.39, 0.29) is 0 Å². The Morgan fingerprint density at radius 1 is 1.35 bits per heavy atom. The highest BCUT2D eigenvalue weighted by molar-refractivity contribution is 5.79. The molecule has 0 amide bonds. The van der Waals surface area contributed by atoms with Gasteiger partial charge >= 0.3 is 0 Å². The predicted octanol–water partition coefficient (Wildman–Crippen LogP) is 2.44. The van der Waals surface area contributed by atoms with Crippen LogP contribution >= 0.6 is 0 Å². The SMILES string of the molecule is CN=C(NCCN1CCCC(C)C1)N(C)Cc1ccc(OC)cc1OC. The lowest BCUT2D eigenvalue weighted by Gasteiger charge is -2.31. The minimum atomic E-state index is 0.716. The van der Waals surface area contributed by atoms with E-state index in [4.69, 9.17) is 9.47 Å². The van der Waals surface area contributed by atoms with Gasteiger partial charge in [-0.1, -0.05) is 6.92 Å². The van der Waals surface area contributed by atoms with E-state index in [0.29, 0.717) is 6.54 Å². The Bertz CT molecular complexity index is 591. The van der Waals surface area contributed by atoms with Crippen molar-refractivity contribution < 1.29 is 9.47 Å². The fourth-order valence-corrected chi connectivity index (χ4v) is 3.51. The Labute approximate surface area is 158 Å². The minimum absolute atomic E-state index is 0.716. The Balaban J connectivity index is 1.87. The summed E-state index contributed by atoms with van der Waals surface area (Å²) in [5.41, 5.74) is 1.10. The average Bonchev–Trinajstić information content (AvgIpc) is 2.65. The van der Waals surface area contributed by atoms with Crippen LogP contribution in [0.3, 0.4) is 0 Å². The molecule has 0 radical (unpaired) electrons. The number of hydrogen-bond acceptors (Lipinski definition) is 4. The molecule has 6 nitrogen and oxygen atoms in total. The Morgan fingerprint density at radius 3 is 2.81 bits per heavy atom. The second-order valence-corrected chi connectivity index (χ2v) is 7.06. The Morgan fingerprint density at radius 2 is 2.15 bits per heavy atom. The lowest BCUT2D eigenvalue weighted by Crippen LogP contribution is -2.44. The number of hydrogen-bond donors (Lipinski definition) is 1. The number of likely N-dealkylation sites (tertiary alicyclic amines) is 1. The van der Waals surface area contributed by atoms with E-state index in [9.17, 15) is 0 Å². The Hall–Kier alpha value is -1.95. The van der Waals surface area contributed by atoms with Gasteiger partial charge in [-0.2, -0.15) is 0 Å². The normalized spacial score (nSPS) is 18.5. The summed E-state index contributed by atoms with van der Waals surface area (Å²) in [6.07, 6.45) is 2.67. The Kier molecular flexibility index (Phi) is 8.04. The van der Waals surface area contributed by atoms with Crippen LogP contribution in [0.2, 0.25) is 0 Å². The van der Waals surface area contributed by atoms with E-state index in [1.54, 1.807) is 14.2 Å². The largest absolute Gasteiger partial charge is 0.497 e. The summed E-state index contributed by atoms with van der Waals surface area (Å²) < 4.78 is 10.8. The first-order valence-corrected chi connectivity index (χ1v) is 9.42. The zero-order chi connectivity index (χ0) is 18.9. The van der Waals surface area contributed by atoms with Gasteiger partial charge in [0.25, 0.3) is 0 Å². The van der Waals surface area contributed by atoms with Gasteiger partial charge in [0.15, 0.2) is 5.96 Å². The second kappa shape index (κ2) is 10.3. The van der Waals surface area contributed by atoms with E-state index in [0.717, 1.165) is 42.0 Å². The number of nitrogens with zero attached hydrogens (tertiary/aromatic N) is 3. The van der Waals surface area contributed by atoms with Crippen molar-refractivity contribution in [3.05, 3.63) is 23.8 Å². The molecule has 1 fully saturated rings. The van der Waals surface area contributed by atoms with Crippen LogP contribution in [-0.4, -0.2) is 70.3 Å². The minimum Gasteiger partial charge on any atom is -0.497 e. The molecule has 0 spiro atoms. The van der Waals surface area contributed by atoms with Gasteiger partial charge in [-0.3, -0.25) is 4.99 Å². The maximum Gasteiger partial charge on any atom is 0.193 e. The summed E-state index contributed by atoms with van der Waals surface area (Å²) in [4.78, 5) is 9.08. The summed E-state index contributed by atoms with van der Waals surface area (Å²) in [7, 11) is 7.22. The van der Waals surface area contributed by atoms with Gasteiger partial charge in [0, 0.05) is 51.9 Å². The van der Waals surface area contributed by atoms with Crippen LogP contribution in [0.4, 0.5) is 0 Å². The average molecular weight is 363 g/mol. The summed E-state index contributed by atoms with van der Waals surface area (Å²) in [6, 6.07) is 5.91. The van der Waals surface area contributed by atoms with E-state index < -0.39 is 0 Å². The number of methoxy groups -OCH3 is 2. The van der Waals surface area contributed by atoms with Gasteiger partial charge in [-0.25, -0.2) is 0 Å². The van der Waals surface area contributed by atoms with E-state index in [1.165, 1.54) is 25.9 Å². The highest BCUT2D eigenvalue weighted by atomic mass is 16.5. The number of aliphatic imine (C=N–C) groups is 1. The van der Waals surface area contributed by atoms with E-state index in [1.807, 2.05) is 32.3 Å². The summed E-state index contributed by atoms with van der Waals surface area (Å²) >= 11 is 0. The molecule has 0 saturated carbocycles. The molecule has 0 bridgehead atoms. The first-order valence-electron chi connectivity index (χ1n) is 9.42. The highest BCUT2D eigenvalue weighted by Gasteiger charge is 2.16. The van der Waals surface area contributed by atoms with Crippen molar-refractivity contribution in [3.8, 4) is 11.5 Å². The molecule has 2 rings (SSSR count). The van der Waals surface area contributed by atoms with Crippen LogP contribution in [0.5, 0.6) is 11.5 Å². The molecular formula is C20H34N4O2. The van der Waals surface area contributed by atoms with Crippen LogP contribution < -0.4 is 14.8 Å². The number of piperidine rings is 1. The van der Waals surface area contributed by atoms with Crippen LogP contribution in [0, 0.1) is 5.92 Å². The predicted molar refractivity (Wildman–Crippen MR) is 107 cm³/mol. The highest BCUT2D eigenvalue weighted by Crippen LogP contribution is 2.25. The van der Waals surface area contributed by atoms with Crippen LogP contribution in [0.25, 0.3) is 0 Å². The number of nitrogens with one attached hydrogen (secondary N) is 1.